The summed E-state index contributed by atoms with van der Waals surface area (Å²) in [4.78, 5) is 23.2. The molecule has 2 aromatic carbocycles. The molecule has 23 heavy (non-hydrogen) atoms. The van der Waals surface area contributed by atoms with E-state index in [-0.39, 0.29) is 17.9 Å². The first-order valence-electron chi connectivity index (χ1n) is 6.66. The van der Waals surface area contributed by atoms with Crippen molar-refractivity contribution in [3.8, 4) is 0 Å². The maximum atomic E-state index is 13.4. The van der Waals surface area contributed by atoms with Gasteiger partial charge in [-0.15, -0.1) is 0 Å². The third-order valence-electron chi connectivity index (χ3n) is 2.80. The Morgan fingerprint density at radius 1 is 1.04 bits per heavy atom. The van der Waals surface area contributed by atoms with Crippen molar-refractivity contribution in [2.75, 3.05) is 6.54 Å². The van der Waals surface area contributed by atoms with Gasteiger partial charge in [-0.25, -0.2) is 14.2 Å². The highest BCUT2D eigenvalue weighted by Gasteiger charge is 2.11. The summed E-state index contributed by atoms with van der Waals surface area (Å²) < 4.78 is 26.1. The van der Waals surface area contributed by atoms with E-state index in [4.69, 9.17) is 0 Å². The molecule has 0 saturated carbocycles. The van der Waals surface area contributed by atoms with Gasteiger partial charge < -0.3 is 5.32 Å². The van der Waals surface area contributed by atoms with Gasteiger partial charge >= 0.3 is 0 Å². The number of benzene rings is 2. The topological polar surface area (TPSA) is 70.6 Å². The first-order chi connectivity index (χ1) is 11.1. The number of carbonyl (C=O) groups excluding carboxylic acids is 2. The molecule has 2 amide bonds. The van der Waals surface area contributed by atoms with Crippen LogP contribution in [0.15, 0.2) is 53.6 Å². The fourth-order valence-electron chi connectivity index (χ4n) is 1.67. The van der Waals surface area contributed by atoms with Gasteiger partial charge in [0.15, 0.2) is 0 Å². The van der Waals surface area contributed by atoms with Crippen molar-refractivity contribution in [2.45, 2.75) is 0 Å². The Kier molecular flexibility index (Phi) is 5.51. The predicted octanol–water partition coefficient (Wildman–Crippen LogP) is 1.84. The number of nitrogens with zero attached hydrogens (tertiary/aromatic N) is 1. The van der Waals surface area contributed by atoms with Crippen molar-refractivity contribution in [3.63, 3.8) is 0 Å². The molecule has 2 rings (SSSR count). The zero-order chi connectivity index (χ0) is 16.7. The molecule has 118 valence electrons. The van der Waals surface area contributed by atoms with Gasteiger partial charge in [0.2, 0.25) is 0 Å². The van der Waals surface area contributed by atoms with Crippen LogP contribution in [-0.2, 0) is 4.79 Å². The van der Waals surface area contributed by atoms with Crippen molar-refractivity contribution in [1.82, 2.24) is 10.7 Å². The lowest BCUT2D eigenvalue weighted by molar-refractivity contribution is -0.120. The van der Waals surface area contributed by atoms with Crippen molar-refractivity contribution in [2.24, 2.45) is 5.10 Å². The predicted molar refractivity (Wildman–Crippen MR) is 80.9 cm³/mol. The van der Waals surface area contributed by atoms with Gasteiger partial charge in [0.1, 0.15) is 11.6 Å². The molecule has 0 radical (unpaired) electrons. The molecule has 0 aliphatic carbocycles. The van der Waals surface area contributed by atoms with E-state index >= 15 is 0 Å². The number of amides is 2. The Bertz CT molecular complexity index is 730. The average molecular weight is 317 g/mol. The highest BCUT2D eigenvalue weighted by atomic mass is 19.1. The summed E-state index contributed by atoms with van der Waals surface area (Å²) in [7, 11) is 0. The van der Waals surface area contributed by atoms with E-state index in [1.807, 2.05) is 0 Å². The molecule has 0 bridgehead atoms. The smallest absolute Gasteiger partial charge is 0.259 e. The highest BCUT2D eigenvalue weighted by molar-refractivity contribution is 5.96. The van der Waals surface area contributed by atoms with Gasteiger partial charge in [0.05, 0.1) is 18.3 Å². The molecule has 0 aliphatic rings. The van der Waals surface area contributed by atoms with E-state index in [9.17, 15) is 18.4 Å². The maximum Gasteiger partial charge on any atom is 0.259 e. The number of rotatable bonds is 5. The lowest BCUT2D eigenvalue weighted by atomic mass is 10.2. The molecule has 0 atom stereocenters. The lowest BCUT2D eigenvalue weighted by Crippen LogP contribution is -2.35. The molecule has 0 saturated heterocycles. The SMILES string of the molecule is O=C(CNC(=O)c1ccccc1F)N/N=C\c1ccc(F)cc1. The molecular weight excluding hydrogens is 304 g/mol. The highest BCUT2D eigenvalue weighted by Crippen LogP contribution is 2.05. The van der Waals surface area contributed by atoms with Gasteiger partial charge in [0.25, 0.3) is 11.8 Å². The van der Waals surface area contributed by atoms with Crippen LogP contribution >= 0.6 is 0 Å². The molecule has 2 aromatic rings. The van der Waals surface area contributed by atoms with Crippen LogP contribution in [0.5, 0.6) is 0 Å². The van der Waals surface area contributed by atoms with E-state index in [0.29, 0.717) is 5.56 Å². The minimum Gasteiger partial charge on any atom is -0.343 e. The van der Waals surface area contributed by atoms with Crippen LogP contribution in [0.3, 0.4) is 0 Å². The molecule has 2 N–H and O–H groups in total. The van der Waals surface area contributed by atoms with Crippen molar-refractivity contribution >= 4 is 18.0 Å². The molecular formula is C16H13F2N3O2. The number of hydrazone groups is 1. The first-order valence-corrected chi connectivity index (χ1v) is 6.66. The second kappa shape index (κ2) is 7.79. The zero-order valence-electron chi connectivity index (χ0n) is 11.9. The number of hydrogen-bond donors (Lipinski definition) is 2. The van der Waals surface area contributed by atoms with Gasteiger partial charge in [-0.05, 0) is 29.8 Å². The summed E-state index contributed by atoms with van der Waals surface area (Å²) in [6.45, 7) is -0.353. The third kappa shape index (κ3) is 4.99. The summed E-state index contributed by atoms with van der Waals surface area (Å²) in [5, 5.41) is 5.95. The van der Waals surface area contributed by atoms with Crippen LogP contribution < -0.4 is 10.7 Å². The Morgan fingerprint density at radius 3 is 2.43 bits per heavy atom. The van der Waals surface area contributed by atoms with Crippen LogP contribution in [0.2, 0.25) is 0 Å². The minimum absolute atomic E-state index is 0.143. The molecule has 0 aromatic heterocycles. The fraction of sp³-hybridized carbons (Fsp3) is 0.0625. The van der Waals surface area contributed by atoms with Gasteiger partial charge in [-0.2, -0.15) is 5.10 Å². The Hall–Kier alpha value is -3.09. The first kappa shape index (κ1) is 16.3. The van der Waals surface area contributed by atoms with Crippen molar-refractivity contribution in [1.29, 1.82) is 0 Å². The van der Waals surface area contributed by atoms with E-state index < -0.39 is 17.6 Å². The molecule has 0 spiro atoms. The van der Waals surface area contributed by atoms with Crippen LogP contribution in [0.25, 0.3) is 0 Å². The summed E-state index contributed by atoms with van der Waals surface area (Å²) >= 11 is 0. The Balaban J connectivity index is 1.80. The monoisotopic (exact) mass is 317 g/mol. The quantitative estimate of drug-likeness (QED) is 0.652. The Labute approximate surface area is 131 Å². The standard InChI is InChI=1S/C16H13F2N3O2/c17-12-7-5-11(6-8-12)9-20-21-15(22)10-19-16(23)13-3-1-2-4-14(13)18/h1-9H,10H2,(H,19,23)(H,21,22)/b20-9-. The van der Waals surface area contributed by atoms with Crippen LogP contribution in [0, 0.1) is 11.6 Å². The molecule has 5 nitrogen and oxygen atoms in total. The maximum absolute atomic E-state index is 13.4. The van der Waals surface area contributed by atoms with Crippen LogP contribution in [-0.4, -0.2) is 24.6 Å². The van der Waals surface area contributed by atoms with E-state index in [0.717, 1.165) is 6.07 Å². The van der Waals surface area contributed by atoms with Crippen molar-refractivity contribution in [3.05, 3.63) is 71.3 Å². The van der Waals surface area contributed by atoms with Crippen LogP contribution in [0.4, 0.5) is 8.78 Å². The average Bonchev–Trinajstić information content (AvgIpc) is 2.55. The number of nitrogens with one attached hydrogen (secondary N) is 2. The van der Waals surface area contributed by atoms with Crippen LogP contribution in [0.1, 0.15) is 15.9 Å². The minimum atomic E-state index is -0.694. The molecule has 0 heterocycles. The van der Waals surface area contributed by atoms with Gasteiger partial charge in [-0.3, -0.25) is 9.59 Å². The summed E-state index contributed by atoms with van der Waals surface area (Å²) in [6, 6.07) is 11.0. The summed E-state index contributed by atoms with van der Waals surface area (Å²) in [5.41, 5.74) is 2.65. The van der Waals surface area contributed by atoms with Gasteiger partial charge in [0, 0.05) is 0 Å². The fourth-order valence-corrected chi connectivity index (χ4v) is 1.67. The number of hydrogen-bond acceptors (Lipinski definition) is 3. The normalized spacial score (nSPS) is 10.5. The number of carbonyl (C=O) groups is 2. The second-order valence-corrected chi connectivity index (χ2v) is 4.51. The van der Waals surface area contributed by atoms with E-state index in [1.54, 1.807) is 0 Å². The molecule has 7 heteroatoms. The second-order valence-electron chi connectivity index (χ2n) is 4.51. The summed E-state index contributed by atoms with van der Waals surface area (Å²) in [6.07, 6.45) is 1.33. The third-order valence-corrected chi connectivity index (χ3v) is 2.80. The molecule has 0 aliphatic heterocycles. The largest absolute Gasteiger partial charge is 0.343 e. The molecule has 0 unspecified atom stereocenters. The summed E-state index contributed by atoms with van der Waals surface area (Å²) in [5.74, 6) is -2.31. The van der Waals surface area contributed by atoms with E-state index in [1.165, 1.54) is 48.7 Å². The Morgan fingerprint density at radius 2 is 1.74 bits per heavy atom. The van der Waals surface area contributed by atoms with E-state index in [2.05, 4.69) is 15.8 Å². The zero-order valence-corrected chi connectivity index (χ0v) is 11.9. The van der Waals surface area contributed by atoms with Gasteiger partial charge in [-0.1, -0.05) is 24.3 Å². The van der Waals surface area contributed by atoms with Crippen molar-refractivity contribution < 1.29 is 18.4 Å². The number of halogens is 2. The lowest BCUT2D eigenvalue weighted by Gasteiger charge is -2.04. The molecule has 0 fully saturated rings.